The number of hydrogen-bond acceptors (Lipinski definition) is 6. The van der Waals surface area contributed by atoms with Crippen molar-refractivity contribution < 1.29 is 27.9 Å². The van der Waals surface area contributed by atoms with E-state index in [9.17, 15) is 9.36 Å². The van der Waals surface area contributed by atoms with Gasteiger partial charge in [0.25, 0.3) is 0 Å². The first-order valence-corrected chi connectivity index (χ1v) is 7.32. The molecule has 0 aromatic rings. The van der Waals surface area contributed by atoms with Crippen LogP contribution in [-0.2, 0) is 27.9 Å². The van der Waals surface area contributed by atoms with Crippen molar-refractivity contribution in [2.75, 3.05) is 26.9 Å². The van der Waals surface area contributed by atoms with Crippen molar-refractivity contribution in [1.82, 2.24) is 0 Å². The number of allylic oxidation sites excluding steroid dienone is 1. The Bertz CT molecular complexity index is 339. The molecule has 0 saturated carbocycles. The molecule has 6 nitrogen and oxygen atoms in total. The molecule has 0 heterocycles. The summed E-state index contributed by atoms with van der Waals surface area (Å²) in [4.78, 5) is 11.8. The van der Waals surface area contributed by atoms with Crippen LogP contribution in [0.4, 0.5) is 0 Å². The van der Waals surface area contributed by atoms with Gasteiger partial charge in [0, 0.05) is 0 Å². The fourth-order valence-corrected chi connectivity index (χ4v) is 3.03. The monoisotopic (exact) mass is 280 g/mol. The lowest BCUT2D eigenvalue weighted by molar-refractivity contribution is -0.138. The van der Waals surface area contributed by atoms with Crippen LogP contribution in [0.1, 0.15) is 27.7 Å². The van der Waals surface area contributed by atoms with Crippen molar-refractivity contribution in [1.29, 1.82) is 0 Å². The molecule has 0 aromatic heterocycles. The van der Waals surface area contributed by atoms with Crippen LogP contribution in [0.15, 0.2) is 11.1 Å². The molecule has 0 saturated heterocycles. The Kier molecular flexibility index (Phi) is 7.91. The third kappa shape index (κ3) is 4.44. The minimum absolute atomic E-state index is 0.150. The molecule has 0 radical (unpaired) electrons. The number of ether oxygens (including phenoxy) is 2. The minimum atomic E-state index is -3.71. The normalized spacial score (nSPS) is 12.9. The first-order chi connectivity index (χ1) is 8.46. The molecule has 0 aromatic carbocycles. The molecule has 0 atom stereocenters. The van der Waals surface area contributed by atoms with E-state index in [0.717, 1.165) is 0 Å². The summed E-state index contributed by atoms with van der Waals surface area (Å²) in [5, 5.41) is -0.185. The van der Waals surface area contributed by atoms with Gasteiger partial charge in [0.2, 0.25) is 0 Å². The Morgan fingerprint density at radius 2 is 1.56 bits per heavy atom. The molecular weight excluding hydrogens is 259 g/mol. The highest BCUT2D eigenvalue weighted by atomic mass is 31.2. The average Bonchev–Trinajstić information content (AvgIpc) is 2.29. The second kappa shape index (κ2) is 8.29. The van der Waals surface area contributed by atoms with Gasteiger partial charge < -0.3 is 18.5 Å². The zero-order valence-corrected chi connectivity index (χ0v) is 12.4. The molecule has 0 aliphatic carbocycles. The smallest absolute Gasteiger partial charge is 0.372 e. The number of carbonyl (C=O) groups is 1. The van der Waals surface area contributed by atoms with Crippen molar-refractivity contribution in [3.8, 4) is 0 Å². The summed E-state index contributed by atoms with van der Waals surface area (Å²) in [5.41, 5.74) is 0. The van der Waals surface area contributed by atoms with Gasteiger partial charge in [0.1, 0.15) is 5.76 Å². The Labute approximate surface area is 108 Å². The maximum atomic E-state index is 12.5. The maximum absolute atomic E-state index is 12.5. The van der Waals surface area contributed by atoms with Crippen LogP contribution >= 0.6 is 7.60 Å². The van der Waals surface area contributed by atoms with Crippen LogP contribution in [0.25, 0.3) is 0 Å². The molecule has 0 aliphatic heterocycles. The summed E-state index contributed by atoms with van der Waals surface area (Å²) in [6.45, 7) is 6.96. The summed E-state index contributed by atoms with van der Waals surface area (Å²) in [6, 6.07) is 0. The number of methoxy groups -OCH3 is 1. The summed E-state index contributed by atoms with van der Waals surface area (Å²) in [5.74, 6) is -0.583. The number of rotatable bonds is 8. The number of carbonyl (C=O) groups excluding carboxylic acids is 1. The summed E-state index contributed by atoms with van der Waals surface area (Å²) < 4.78 is 32.6. The molecule has 0 fully saturated rings. The summed E-state index contributed by atoms with van der Waals surface area (Å²) in [6.07, 6.45) is 0. The van der Waals surface area contributed by atoms with E-state index in [4.69, 9.17) is 18.5 Å². The van der Waals surface area contributed by atoms with Crippen LogP contribution in [-0.4, -0.2) is 32.9 Å². The van der Waals surface area contributed by atoms with Gasteiger partial charge in [-0.1, -0.05) is 0 Å². The lowest BCUT2D eigenvalue weighted by Gasteiger charge is -2.20. The third-order valence-electron chi connectivity index (χ3n) is 1.98. The third-order valence-corrected chi connectivity index (χ3v) is 4.22. The first kappa shape index (κ1) is 17.2. The lowest BCUT2D eigenvalue weighted by Crippen LogP contribution is -2.14. The molecule has 106 valence electrons. The van der Waals surface area contributed by atoms with Gasteiger partial charge in [-0.05, 0) is 27.7 Å². The predicted octanol–water partition coefficient (Wildman–Crippen LogP) is 2.69. The maximum Gasteiger partial charge on any atom is 0.372 e. The van der Waals surface area contributed by atoms with Crippen LogP contribution < -0.4 is 0 Å². The van der Waals surface area contributed by atoms with Gasteiger partial charge in [0.05, 0.1) is 26.9 Å². The molecule has 18 heavy (non-hydrogen) atoms. The molecule has 0 bridgehead atoms. The van der Waals surface area contributed by atoms with Crippen LogP contribution in [0.3, 0.4) is 0 Å². The second-order valence-electron chi connectivity index (χ2n) is 3.16. The van der Waals surface area contributed by atoms with Crippen molar-refractivity contribution >= 4 is 13.6 Å². The van der Waals surface area contributed by atoms with Gasteiger partial charge in [0.15, 0.2) is 5.31 Å². The zero-order valence-electron chi connectivity index (χ0n) is 11.5. The van der Waals surface area contributed by atoms with Crippen molar-refractivity contribution in [3.63, 3.8) is 0 Å². The Morgan fingerprint density at radius 1 is 1.06 bits per heavy atom. The number of hydrogen-bond donors (Lipinski definition) is 0. The van der Waals surface area contributed by atoms with Crippen molar-refractivity contribution in [3.05, 3.63) is 11.1 Å². The molecular formula is C11H21O6P. The second-order valence-corrected chi connectivity index (χ2v) is 5.12. The van der Waals surface area contributed by atoms with Gasteiger partial charge in [-0.2, -0.15) is 0 Å². The zero-order chi connectivity index (χ0) is 14.2. The largest absolute Gasteiger partial charge is 0.500 e. The van der Waals surface area contributed by atoms with Crippen molar-refractivity contribution in [2.24, 2.45) is 0 Å². The SMILES string of the molecule is CCOC(=O)/C(=C(/C)OC)P(=O)(OCC)OCC. The van der Waals surface area contributed by atoms with Crippen molar-refractivity contribution in [2.45, 2.75) is 27.7 Å². The molecule has 0 aliphatic rings. The highest BCUT2D eigenvalue weighted by Crippen LogP contribution is 2.57. The minimum Gasteiger partial charge on any atom is -0.500 e. The van der Waals surface area contributed by atoms with E-state index in [2.05, 4.69) is 0 Å². The highest BCUT2D eigenvalue weighted by molar-refractivity contribution is 7.60. The van der Waals surface area contributed by atoms with Gasteiger partial charge in [-0.25, -0.2) is 4.79 Å². The molecule has 0 amide bonds. The predicted molar refractivity (Wildman–Crippen MR) is 67.2 cm³/mol. The van der Waals surface area contributed by atoms with Crippen LogP contribution in [0.5, 0.6) is 0 Å². The van der Waals surface area contributed by atoms with E-state index < -0.39 is 13.6 Å². The Balaban J connectivity index is 5.53. The summed E-state index contributed by atoms with van der Waals surface area (Å²) in [7, 11) is -2.34. The molecule has 7 heteroatoms. The molecule has 0 rings (SSSR count). The van der Waals surface area contributed by atoms with E-state index in [-0.39, 0.29) is 30.9 Å². The lowest BCUT2D eigenvalue weighted by atomic mass is 10.5. The molecule has 0 N–H and O–H groups in total. The topological polar surface area (TPSA) is 71.1 Å². The molecule has 0 spiro atoms. The standard InChI is InChI=1S/C11H21O6P/c1-6-15-11(12)10(9(4)14-5)18(13,16-7-2)17-8-3/h6-8H2,1-5H3/b10-9+. The Hall–Kier alpha value is -0.840. The quantitative estimate of drug-likeness (QED) is 0.294. The average molecular weight is 280 g/mol. The first-order valence-electron chi connectivity index (χ1n) is 5.78. The van der Waals surface area contributed by atoms with Gasteiger partial charge in [-0.15, -0.1) is 0 Å². The van der Waals surface area contributed by atoms with Gasteiger partial charge >= 0.3 is 13.6 Å². The Morgan fingerprint density at radius 3 is 1.89 bits per heavy atom. The van der Waals surface area contributed by atoms with E-state index in [1.54, 1.807) is 20.8 Å². The fourth-order valence-electron chi connectivity index (χ4n) is 1.25. The van der Waals surface area contributed by atoms with E-state index in [1.807, 2.05) is 0 Å². The fraction of sp³-hybridized carbons (Fsp3) is 0.727. The molecule has 0 unspecified atom stereocenters. The van der Waals surface area contributed by atoms with Crippen LogP contribution in [0.2, 0.25) is 0 Å². The highest BCUT2D eigenvalue weighted by Gasteiger charge is 2.38. The van der Waals surface area contributed by atoms with Crippen LogP contribution in [0, 0.1) is 0 Å². The van der Waals surface area contributed by atoms with E-state index >= 15 is 0 Å². The van der Waals surface area contributed by atoms with E-state index in [0.29, 0.717) is 0 Å². The summed E-state index contributed by atoms with van der Waals surface area (Å²) >= 11 is 0. The number of esters is 1. The van der Waals surface area contributed by atoms with Gasteiger partial charge in [-0.3, -0.25) is 4.57 Å². The van der Waals surface area contributed by atoms with E-state index in [1.165, 1.54) is 14.0 Å².